The zero-order valence-corrected chi connectivity index (χ0v) is 24.6. The minimum absolute atomic E-state index is 0.0291. The van der Waals surface area contributed by atoms with E-state index in [1.165, 1.54) is 34.7 Å². The van der Waals surface area contributed by atoms with Crippen LogP contribution < -0.4 is 10.9 Å². The summed E-state index contributed by atoms with van der Waals surface area (Å²) in [6.45, 7) is 15.9. The highest BCUT2D eigenvalue weighted by Crippen LogP contribution is 2.46. The number of allylic oxidation sites excluding steroid dienone is 1. The maximum absolute atomic E-state index is 13.7. The first-order chi connectivity index (χ1) is 18.8. The molecule has 0 saturated carbocycles. The van der Waals surface area contributed by atoms with E-state index < -0.39 is 11.6 Å². The average molecular weight is 532 g/mol. The van der Waals surface area contributed by atoms with E-state index in [1.807, 2.05) is 40.8 Å². The molecule has 7 heteroatoms. The van der Waals surface area contributed by atoms with Gasteiger partial charge >= 0.3 is 5.97 Å². The van der Waals surface area contributed by atoms with Gasteiger partial charge in [-0.05, 0) is 81.5 Å². The van der Waals surface area contributed by atoms with Gasteiger partial charge in [-0.25, -0.2) is 9.78 Å². The molecule has 0 amide bonds. The van der Waals surface area contributed by atoms with E-state index >= 15 is 0 Å². The molecule has 2 aromatic heterocycles. The number of aryl methyl sites for hydroxylation is 2. The van der Waals surface area contributed by atoms with Crippen molar-refractivity contribution in [2.24, 2.45) is 0 Å². The average Bonchev–Trinajstić information content (AvgIpc) is 3.32. The number of benzene rings is 1. The topological polar surface area (TPSA) is 82.5 Å². The summed E-state index contributed by atoms with van der Waals surface area (Å²) in [5, 5.41) is 4.74. The standard InChI is InChI=1S/C27H29N3O4.C3H6.C2H6/c1-6-27(33-5)18-10-21-24-16(11-30(21)25(31)17(18)12-34-26(27)32)23-19(28-4)8-7-15-14(3)13(2)9-20(29-24)22(15)23;1-3-2;1-2/h9-10,19,28H,6-8,11-12H2,1-5H3;3H,1H2,2H3;1-2H3. The van der Waals surface area contributed by atoms with Crippen molar-refractivity contribution in [3.05, 3.63) is 74.1 Å². The Balaban J connectivity index is 0.000000662. The van der Waals surface area contributed by atoms with Crippen molar-refractivity contribution in [1.29, 1.82) is 0 Å². The molecule has 39 heavy (non-hydrogen) atoms. The number of aromatic nitrogens is 2. The molecule has 6 rings (SSSR count). The van der Waals surface area contributed by atoms with Crippen LogP contribution in [0.25, 0.3) is 22.3 Å². The van der Waals surface area contributed by atoms with Crippen LogP contribution in [-0.2, 0) is 39.4 Å². The van der Waals surface area contributed by atoms with Gasteiger partial charge in [-0.1, -0.05) is 26.8 Å². The van der Waals surface area contributed by atoms with Gasteiger partial charge in [0.1, 0.15) is 6.61 Å². The minimum Gasteiger partial charge on any atom is -0.458 e. The number of nitrogens with one attached hydrogen (secondary N) is 1. The molecule has 3 aromatic rings. The lowest BCUT2D eigenvalue weighted by Crippen LogP contribution is -2.45. The number of nitrogens with zero attached hydrogens (tertiary/aromatic N) is 2. The maximum Gasteiger partial charge on any atom is 0.343 e. The molecule has 0 saturated heterocycles. The Morgan fingerprint density at radius 3 is 2.54 bits per heavy atom. The molecular weight excluding hydrogens is 490 g/mol. The number of esters is 1. The number of hydrogen-bond donors (Lipinski definition) is 1. The van der Waals surface area contributed by atoms with Gasteiger partial charge in [0.25, 0.3) is 5.56 Å². The van der Waals surface area contributed by atoms with Crippen LogP contribution in [0.4, 0.5) is 0 Å². The van der Waals surface area contributed by atoms with Crippen LogP contribution in [-0.4, -0.2) is 29.7 Å². The minimum atomic E-state index is -1.27. The number of fused-ring (bicyclic) bond motifs is 5. The van der Waals surface area contributed by atoms with Gasteiger partial charge < -0.3 is 19.4 Å². The lowest BCUT2D eigenvalue weighted by molar-refractivity contribution is -0.176. The van der Waals surface area contributed by atoms with Crippen LogP contribution in [0.5, 0.6) is 0 Å². The fourth-order valence-corrected chi connectivity index (χ4v) is 6.35. The first-order valence-electron chi connectivity index (χ1n) is 14.0. The normalized spacial score (nSPS) is 20.0. The predicted octanol–water partition coefficient (Wildman–Crippen LogP) is 5.78. The summed E-state index contributed by atoms with van der Waals surface area (Å²) in [5.41, 5.74) is 8.55. The van der Waals surface area contributed by atoms with Crippen molar-refractivity contribution in [1.82, 2.24) is 14.9 Å². The van der Waals surface area contributed by atoms with E-state index in [4.69, 9.17) is 14.5 Å². The molecule has 0 radical (unpaired) electrons. The van der Waals surface area contributed by atoms with E-state index in [-0.39, 0.29) is 18.2 Å². The molecule has 1 aromatic carbocycles. The molecule has 0 spiro atoms. The SMILES string of the molecule is C=CC.CC.CCC1(OC)C(=O)OCc2c1cc1n(c2=O)Cc2c-1nc1cc(C)c(C)c3c1c2C(NC)CC3. The lowest BCUT2D eigenvalue weighted by Gasteiger charge is -2.35. The highest BCUT2D eigenvalue weighted by Gasteiger charge is 2.47. The number of ether oxygens (including phenoxy) is 2. The molecule has 1 N–H and O–H groups in total. The van der Waals surface area contributed by atoms with Crippen LogP contribution in [0.15, 0.2) is 29.6 Å². The molecular formula is C32H41N3O4. The second-order valence-electron chi connectivity index (χ2n) is 10.1. The van der Waals surface area contributed by atoms with Crippen LogP contribution in [0.1, 0.15) is 85.5 Å². The summed E-state index contributed by atoms with van der Waals surface area (Å²) in [6, 6.07) is 4.31. The van der Waals surface area contributed by atoms with Crippen LogP contribution >= 0.6 is 0 Å². The van der Waals surface area contributed by atoms with Crippen molar-refractivity contribution in [3.63, 3.8) is 0 Å². The summed E-state index contributed by atoms with van der Waals surface area (Å²) in [5.74, 6) is -0.444. The van der Waals surface area contributed by atoms with E-state index in [0.29, 0.717) is 24.1 Å². The number of hydrogen-bond acceptors (Lipinski definition) is 6. The van der Waals surface area contributed by atoms with Gasteiger partial charge in [-0.15, -0.1) is 6.58 Å². The quantitative estimate of drug-likeness (QED) is 0.267. The van der Waals surface area contributed by atoms with E-state index in [1.54, 1.807) is 10.6 Å². The number of carbonyl (C=O) groups excluding carboxylic acids is 1. The zero-order valence-electron chi connectivity index (χ0n) is 24.6. The summed E-state index contributed by atoms with van der Waals surface area (Å²) in [7, 11) is 3.50. The van der Waals surface area contributed by atoms with Gasteiger partial charge in [-0.2, -0.15) is 0 Å². The molecule has 1 aliphatic carbocycles. The molecule has 2 unspecified atom stereocenters. The third-order valence-corrected chi connectivity index (χ3v) is 8.37. The Hall–Kier alpha value is -3.29. The van der Waals surface area contributed by atoms with Gasteiger partial charge in [0.15, 0.2) is 5.60 Å². The molecule has 208 valence electrons. The molecule has 4 heterocycles. The molecule has 0 bridgehead atoms. The van der Waals surface area contributed by atoms with Crippen LogP contribution in [0.3, 0.4) is 0 Å². The largest absolute Gasteiger partial charge is 0.458 e. The Morgan fingerprint density at radius 1 is 1.23 bits per heavy atom. The summed E-state index contributed by atoms with van der Waals surface area (Å²) < 4.78 is 12.9. The van der Waals surface area contributed by atoms with Crippen molar-refractivity contribution in [3.8, 4) is 11.4 Å². The van der Waals surface area contributed by atoms with E-state index in [2.05, 4.69) is 31.8 Å². The lowest BCUT2D eigenvalue weighted by atomic mass is 9.81. The zero-order chi connectivity index (χ0) is 28.6. The first-order valence-corrected chi connectivity index (χ1v) is 14.0. The fourth-order valence-electron chi connectivity index (χ4n) is 6.35. The third-order valence-electron chi connectivity index (χ3n) is 8.37. The molecule has 2 atom stereocenters. The highest BCUT2D eigenvalue weighted by molar-refractivity contribution is 5.93. The highest BCUT2D eigenvalue weighted by atomic mass is 16.6. The predicted molar refractivity (Wildman–Crippen MR) is 156 cm³/mol. The van der Waals surface area contributed by atoms with Crippen molar-refractivity contribution < 1.29 is 14.3 Å². The molecule has 3 aliphatic rings. The van der Waals surface area contributed by atoms with E-state index in [9.17, 15) is 9.59 Å². The number of carbonyl (C=O) groups is 1. The van der Waals surface area contributed by atoms with E-state index in [0.717, 1.165) is 35.3 Å². The van der Waals surface area contributed by atoms with Gasteiger partial charge in [0.2, 0.25) is 0 Å². The first kappa shape index (κ1) is 28.7. The Kier molecular flexibility index (Phi) is 8.14. The van der Waals surface area contributed by atoms with Gasteiger partial charge in [-0.3, -0.25) is 4.79 Å². The monoisotopic (exact) mass is 531 g/mol. The summed E-state index contributed by atoms with van der Waals surface area (Å²) in [4.78, 5) is 31.6. The number of pyridine rings is 2. The van der Waals surface area contributed by atoms with Crippen LogP contribution in [0, 0.1) is 13.8 Å². The molecule has 7 nitrogen and oxygen atoms in total. The molecule has 0 fully saturated rings. The molecule has 2 aliphatic heterocycles. The Morgan fingerprint density at radius 2 is 1.92 bits per heavy atom. The smallest absolute Gasteiger partial charge is 0.343 e. The fraction of sp³-hybridized carbons (Fsp3) is 0.469. The van der Waals surface area contributed by atoms with Crippen molar-refractivity contribution >= 4 is 16.9 Å². The summed E-state index contributed by atoms with van der Waals surface area (Å²) in [6.07, 6.45) is 4.15. The number of rotatable bonds is 3. The number of cyclic esters (lactones) is 1. The van der Waals surface area contributed by atoms with Gasteiger partial charge in [0, 0.05) is 29.7 Å². The van der Waals surface area contributed by atoms with Crippen molar-refractivity contribution in [2.45, 2.75) is 85.6 Å². The Labute approximate surface area is 231 Å². The van der Waals surface area contributed by atoms with Crippen LogP contribution in [0.2, 0.25) is 0 Å². The summed E-state index contributed by atoms with van der Waals surface area (Å²) >= 11 is 0. The second-order valence-corrected chi connectivity index (χ2v) is 10.1. The van der Waals surface area contributed by atoms with Crippen molar-refractivity contribution in [2.75, 3.05) is 14.2 Å². The third kappa shape index (κ3) is 4.14. The Bertz CT molecular complexity index is 1510. The number of methoxy groups -OCH3 is 1. The second kappa shape index (κ2) is 11.1. The van der Waals surface area contributed by atoms with Gasteiger partial charge in [0.05, 0.1) is 29.0 Å². The maximum atomic E-state index is 13.7.